The Labute approximate surface area is 126 Å². The first-order chi connectivity index (χ1) is 9.65. The molecule has 4 heteroatoms. The number of rotatable bonds is 2. The maximum absolute atomic E-state index is 9.68. The van der Waals surface area contributed by atoms with Gasteiger partial charge >= 0.3 is 0 Å². The van der Waals surface area contributed by atoms with Crippen molar-refractivity contribution in [2.24, 2.45) is 0 Å². The lowest BCUT2D eigenvalue weighted by Gasteiger charge is -2.20. The molecule has 3 N–H and O–H groups in total. The number of nitrogens with one attached hydrogen (secondary N) is 1. The summed E-state index contributed by atoms with van der Waals surface area (Å²) in [7, 11) is 0. The van der Waals surface area contributed by atoms with Crippen molar-refractivity contribution < 1.29 is 10.2 Å². The predicted molar refractivity (Wildman–Crippen MR) is 82.3 cm³/mol. The quantitative estimate of drug-likeness (QED) is 0.739. The minimum Gasteiger partial charge on any atom is -0.504 e. The van der Waals surface area contributed by atoms with Gasteiger partial charge in [0, 0.05) is 29.4 Å². The van der Waals surface area contributed by atoms with Gasteiger partial charge in [0.2, 0.25) is 0 Å². The topological polar surface area (TPSA) is 52.5 Å². The number of benzene rings is 2. The standard InChI is InChI=1S/C16H16BrNO2/c17-12-3-1-2-10(6-12)13-8-18-9-14(13)11-4-5-15(19)16(20)7-11/h1-7,13-14,18-20H,8-9H2. The van der Waals surface area contributed by atoms with Gasteiger partial charge in [0.1, 0.15) is 0 Å². The van der Waals surface area contributed by atoms with E-state index in [0.29, 0.717) is 11.8 Å². The number of hydrogen-bond acceptors (Lipinski definition) is 3. The lowest BCUT2D eigenvalue weighted by atomic mass is 9.84. The van der Waals surface area contributed by atoms with Crippen LogP contribution < -0.4 is 5.32 Å². The lowest BCUT2D eigenvalue weighted by molar-refractivity contribution is 0.402. The molecule has 0 aliphatic carbocycles. The minimum atomic E-state index is -0.0706. The molecule has 2 aromatic carbocycles. The molecule has 0 amide bonds. The van der Waals surface area contributed by atoms with E-state index >= 15 is 0 Å². The third-order valence-electron chi connectivity index (χ3n) is 3.92. The Morgan fingerprint density at radius 3 is 2.25 bits per heavy atom. The van der Waals surface area contributed by atoms with E-state index in [0.717, 1.165) is 23.1 Å². The number of phenolic OH excluding ortho intramolecular Hbond substituents is 2. The van der Waals surface area contributed by atoms with Gasteiger partial charge in [0.25, 0.3) is 0 Å². The molecule has 1 saturated heterocycles. The molecule has 0 radical (unpaired) electrons. The van der Waals surface area contributed by atoms with Crippen molar-refractivity contribution in [3.05, 3.63) is 58.1 Å². The summed E-state index contributed by atoms with van der Waals surface area (Å²) in [5.41, 5.74) is 2.33. The second kappa shape index (κ2) is 5.46. The second-order valence-corrected chi connectivity index (χ2v) is 6.09. The van der Waals surface area contributed by atoms with Crippen LogP contribution in [0.2, 0.25) is 0 Å². The molecule has 2 unspecified atom stereocenters. The first-order valence-corrected chi connectivity index (χ1v) is 7.42. The van der Waals surface area contributed by atoms with Crippen molar-refractivity contribution in [3.8, 4) is 11.5 Å². The Bertz CT molecular complexity index is 630. The van der Waals surface area contributed by atoms with Gasteiger partial charge in [-0.25, -0.2) is 0 Å². The Hall–Kier alpha value is -1.52. The number of hydrogen-bond donors (Lipinski definition) is 3. The van der Waals surface area contributed by atoms with E-state index < -0.39 is 0 Å². The molecule has 20 heavy (non-hydrogen) atoms. The van der Waals surface area contributed by atoms with E-state index in [9.17, 15) is 10.2 Å². The number of halogens is 1. The van der Waals surface area contributed by atoms with Gasteiger partial charge in [-0.2, -0.15) is 0 Å². The number of aromatic hydroxyl groups is 2. The summed E-state index contributed by atoms with van der Waals surface area (Å²) in [5.74, 6) is 0.549. The molecule has 3 rings (SSSR count). The summed E-state index contributed by atoms with van der Waals surface area (Å²) < 4.78 is 1.08. The van der Waals surface area contributed by atoms with Gasteiger partial charge in [-0.05, 0) is 35.4 Å². The van der Waals surface area contributed by atoms with Gasteiger partial charge in [0.15, 0.2) is 11.5 Å². The largest absolute Gasteiger partial charge is 0.504 e. The highest BCUT2D eigenvalue weighted by molar-refractivity contribution is 9.10. The fourth-order valence-corrected chi connectivity index (χ4v) is 3.30. The smallest absolute Gasteiger partial charge is 0.157 e. The van der Waals surface area contributed by atoms with E-state index in [4.69, 9.17) is 0 Å². The summed E-state index contributed by atoms with van der Waals surface area (Å²) in [5, 5.41) is 22.5. The van der Waals surface area contributed by atoms with Crippen LogP contribution in [0.5, 0.6) is 11.5 Å². The molecule has 1 fully saturated rings. The van der Waals surface area contributed by atoms with Crippen molar-refractivity contribution >= 4 is 15.9 Å². The van der Waals surface area contributed by atoms with E-state index in [1.54, 1.807) is 12.1 Å². The summed E-state index contributed by atoms with van der Waals surface area (Å²) >= 11 is 3.51. The van der Waals surface area contributed by atoms with Crippen LogP contribution >= 0.6 is 15.9 Å². The molecule has 104 valence electrons. The Kier molecular flexibility index (Phi) is 3.68. The highest BCUT2D eigenvalue weighted by Gasteiger charge is 2.30. The molecular weight excluding hydrogens is 318 g/mol. The van der Waals surface area contributed by atoms with Crippen molar-refractivity contribution in [2.45, 2.75) is 11.8 Å². The molecule has 1 heterocycles. The molecule has 0 bridgehead atoms. The highest BCUT2D eigenvalue weighted by atomic mass is 79.9. The normalized spacial score (nSPS) is 22.1. The molecule has 0 aromatic heterocycles. The maximum Gasteiger partial charge on any atom is 0.157 e. The molecule has 0 saturated carbocycles. The highest BCUT2D eigenvalue weighted by Crippen LogP contribution is 2.39. The van der Waals surface area contributed by atoms with Gasteiger partial charge in [-0.3, -0.25) is 0 Å². The fourth-order valence-electron chi connectivity index (χ4n) is 2.89. The summed E-state index contributed by atoms with van der Waals surface area (Å²) in [6.07, 6.45) is 0. The van der Waals surface area contributed by atoms with Crippen molar-refractivity contribution in [1.29, 1.82) is 0 Å². The molecule has 2 aromatic rings. The van der Waals surface area contributed by atoms with Crippen LogP contribution in [0.4, 0.5) is 0 Å². The molecular formula is C16H16BrNO2. The first kappa shape index (κ1) is 13.5. The van der Waals surface area contributed by atoms with Gasteiger partial charge in [0.05, 0.1) is 0 Å². The van der Waals surface area contributed by atoms with Crippen molar-refractivity contribution in [3.63, 3.8) is 0 Å². The summed E-state index contributed by atoms with van der Waals surface area (Å²) in [4.78, 5) is 0. The van der Waals surface area contributed by atoms with Crippen LogP contribution in [0.15, 0.2) is 46.9 Å². The monoisotopic (exact) mass is 333 g/mol. The maximum atomic E-state index is 9.68. The van der Waals surface area contributed by atoms with Gasteiger partial charge in [-0.1, -0.05) is 34.1 Å². The average Bonchev–Trinajstić information content (AvgIpc) is 2.91. The fraction of sp³-hybridized carbons (Fsp3) is 0.250. The molecule has 1 aliphatic rings. The van der Waals surface area contributed by atoms with Gasteiger partial charge in [-0.15, -0.1) is 0 Å². The predicted octanol–water partition coefficient (Wildman–Crippen LogP) is 3.33. The first-order valence-electron chi connectivity index (χ1n) is 6.63. The van der Waals surface area contributed by atoms with Gasteiger partial charge < -0.3 is 15.5 Å². The Morgan fingerprint density at radius 2 is 1.60 bits per heavy atom. The third-order valence-corrected chi connectivity index (χ3v) is 4.41. The van der Waals surface area contributed by atoms with Crippen molar-refractivity contribution in [2.75, 3.05) is 13.1 Å². The van der Waals surface area contributed by atoms with E-state index in [1.807, 2.05) is 18.2 Å². The molecule has 0 spiro atoms. The third kappa shape index (κ3) is 2.53. The van der Waals surface area contributed by atoms with Crippen LogP contribution in [-0.4, -0.2) is 23.3 Å². The van der Waals surface area contributed by atoms with E-state index in [1.165, 1.54) is 5.56 Å². The van der Waals surface area contributed by atoms with Crippen LogP contribution in [0.25, 0.3) is 0 Å². The lowest BCUT2D eigenvalue weighted by Crippen LogP contribution is -2.09. The summed E-state index contributed by atoms with van der Waals surface area (Å²) in [6, 6.07) is 13.5. The molecule has 1 aliphatic heterocycles. The Morgan fingerprint density at radius 1 is 0.900 bits per heavy atom. The second-order valence-electron chi connectivity index (χ2n) is 5.17. The summed E-state index contributed by atoms with van der Waals surface area (Å²) in [6.45, 7) is 1.80. The Balaban J connectivity index is 1.94. The van der Waals surface area contributed by atoms with Crippen LogP contribution in [-0.2, 0) is 0 Å². The zero-order chi connectivity index (χ0) is 14.1. The zero-order valence-corrected chi connectivity index (χ0v) is 12.5. The minimum absolute atomic E-state index is 0.0533. The number of phenols is 2. The van der Waals surface area contributed by atoms with Crippen LogP contribution in [0.3, 0.4) is 0 Å². The van der Waals surface area contributed by atoms with E-state index in [-0.39, 0.29) is 11.5 Å². The van der Waals surface area contributed by atoms with E-state index in [2.05, 4.69) is 33.4 Å². The molecule has 3 nitrogen and oxygen atoms in total. The van der Waals surface area contributed by atoms with Crippen LogP contribution in [0, 0.1) is 0 Å². The van der Waals surface area contributed by atoms with Crippen LogP contribution in [0.1, 0.15) is 23.0 Å². The molecule has 2 atom stereocenters. The average molecular weight is 334 g/mol. The van der Waals surface area contributed by atoms with Crippen molar-refractivity contribution in [1.82, 2.24) is 5.32 Å². The zero-order valence-electron chi connectivity index (χ0n) is 10.9. The SMILES string of the molecule is Oc1ccc(C2CNCC2c2cccc(Br)c2)cc1O.